The molecule has 124 valence electrons. The largest absolute Gasteiger partial charge is 0.379 e. The summed E-state index contributed by atoms with van der Waals surface area (Å²) in [5, 5.41) is 2.94. The highest BCUT2D eigenvalue weighted by atomic mass is 16.5. The molecule has 2 aliphatic rings. The minimum atomic E-state index is -0.0717. The maximum Gasteiger partial charge on any atom is 0.251 e. The van der Waals surface area contributed by atoms with Crippen molar-refractivity contribution >= 4 is 17.5 Å². The van der Waals surface area contributed by atoms with Crippen molar-refractivity contribution in [1.29, 1.82) is 0 Å². The van der Waals surface area contributed by atoms with E-state index in [2.05, 4.69) is 10.2 Å². The van der Waals surface area contributed by atoms with Crippen LogP contribution in [-0.4, -0.2) is 62.7 Å². The predicted octanol–water partition coefficient (Wildman–Crippen LogP) is 0.875. The number of benzene rings is 1. The molecule has 1 N–H and O–H groups in total. The van der Waals surface area contributed by atoms with Crippen LogP contribution in [0.15, 0.2) is 24.3 Å². The second kappa shape index (κ2) is 7.57. The average Bonchev–Trinajstić information content (AvgIpc) is 3.02. The van der Waals surface area contributed by atoms with Crippen LogP contribution in [0.5, 0.6) is 0 Å². The summed E-state index contributed by atoms with van der Waals surface area (Å²) < 4.78 is 5.30. The molecule has 0 saturated carbocycles. The smallest absolute Gasteiger partial charge is 0.251 e. The highest BCUT2D eigenvalue weighted by Gasteiger charge is 2.21. The Bertz CT molecular complexity index is 553. The lowest BCUT2D eigenvalue weighted by Crippen LogP contribution is -2.41. The Balaban J connectivity index is 1.48. The summed E-state index contributed by atoms with van der Waals surface area (Å²) in [5.41, 5.74) is 1.50. The highest BCUT2D eigenvalue weighted by Crippen LogP contribution is 2.21. The van der Waals surface area contributed by atoms with Gasteiger partial charge < -0.3 is 15.0 Å². The van der Waals surface area contributed by atoms with Crippen LogP contribution in [0.4, 0.5) is 5.69 Å². The SMILES string of the molecule is O=C(NCCN1CCOCC1)c1ccc(N2CCCC2=O)cc1. The van der Waals surface area contributed by atoms with Crippen LogP contribution >= 0.6 is 0 Å². The number of nitrogens with one attached hydrogen (secondary N) is 1. The maximum absolute atomic E-state index is 12.1. The third kappa shape index (κ3) is 4.09. The minimum Gasteiger partial charge on any atom is -0.379 e. The van der Waals surface area contributed by atoms with Crippen molar-refractivity contribution in [2.75, 3.05) is 50.8 Å². The Morgan fingerprint density at radius 3 is 2.52 bits per heavy atom. The maximum atomic E-state index is 12.1. The van der Waals surface area contributed by atoms with Crippen LogP contribution in [0.2, 0.25) is 0 Å². The van der Waals surface area contributed by atoms with Gasteiger partial charge in [-0.05, 0) is 30.7 Å². The summed E-state index contributed by atoms with van der Waals surface area (Å²) in [6.45, 7) is 5.63. The minimum absolute atomic E-state index is 0.0717. The van der Waals surface area contributed by atoms with Gasteiger partial charge in [-0.15, -0.1) is 0 Å². The van der Waals surface area contributed by atoms with E-state index in [1.165, 1.54) is 0 Å². The van der Waals surface area contributed by atoms with E-state index >= 15 is 0 Å². The van der Waals surface area contributed by atoms with Crippen LogP contribution in [0, 0.1) is 0 Å². The lowest BCUT2D eigenvalue weighted by molar-refractivity contribution is -0.117. The van der Waals surface area contributed by atoms with Gasteiger partial charge in [0.2, 0.25) is 5.91 Å². The molecule has 2 saturated heterocycles. The van der Waals surface area contributed by atoms with Crippen LogP contribution in [0.25, 0.3) is 0 Å². The zero-order valence-corrected chi connectivity index (χ0v) is 13.3. The summed E-state index contributed by atoms with van der Waals surface area (Å²) in [6, 6.07) is 7.26. The molecule has 0 atom stereocenters. The fourth-order valence-corrected chi connectivity index (χ4v) is 2.97. The first kappa shape index (κ1) is 16.0. The molecule has 1 aromatic rings. The fraction of sp³-hybridized carbons (Fsp3) is 0.529. The average molecular weight is 317 g/mol. The van der Waals surface area contributed by atoms with E-state index in [4.69, 9.17) is 4.74 Å². The summed E-state index contributed by atoms with van der Waals surface area (Å²) in [6.07, 6.45) is 1.52. The van der Waals surface area contributed by atoms with E-state index in [0.717, 1.165) is 51.5 Å². The second-order valence-electron chi connectivity index (χ2n) is 5.91. The van der Waals surface area contributed by atoms with Gasteiger partial charge in [-0.2, -0.15) is 0 Å². The number of morpholine rings is 1. The van der Waals surface area contributed by atoms with Crippen molar-refractivity contribution in [2.45, 2.75) is 12.8 Å². The van der Waals surface area contributed by atoms with Gasteiger partial charge in [-0.25, -0.2) is 0 Å². The zero-order chi connectivity index (χ0) is 16.1. The number of rotatable bonds is 5. The summed E-state index contributed by atoms with van der Waals surface area (Å²) in [4.78, 5) is 27.9. The molecule has 2 heterocycles. The number of carbonyl (C=O) groups is 2. The zero-order valence-electron chi connectivity index (χ0n) is 13.3. The van der Waals surface area contributed by atoms with Crippen molar-refractivity contribution in [3.8, 4) is 0 Å². The van der Waals surface area contributed by atoms with Gasteiger partial charge in [-0.1, -0.05) is 0 Å². The number of anilines is 1. The molecule has 0 unspecified atom stereocenters. The van der Waals surface area contributed by atoms with Gasteiger partial charge in [0.15, 0.2) is 0 Å². The summed E-state index contributed by atoms with van der Waals surface area (Å²) in [5.74, 6) is 0.0882. The van der Waals surface area contributed by atoms with Gasteiger partial charge in [0.1, 0.15) is 0 Å². The van der Waals surface area contributed by atoms with E-state index in [9.17, 15) is 9.59 Å². The molecule has 23 heavy (non-hydrogen) atoms. The number of amides is 2. The lowest BCUT2D eigenvalue weighted by atomic mass is 10.2. The molecule has 0 spiro atoms. The third-order valence-electron chi connectivity index (χ3n) is 4.33. The molecule has 1 aromatic carbocycles. The van der Waals surface area contributed by atoms with Crippen molar-refractivity contribution < 1.29 is 14.3 Å². The van der Waals surface area contributed by atoms with Crippen molar-refractivity contribution in [3.05, 3.63) is 29.8 Å². The van der Waals surface area contributed by atoms with Gasteiger partial charge in [0.25, 0.3) is 5.91 Å². The van der Waals surface area contributed by atoms with E-state index in [-0.39, 0.29) is 11.8 Å². The van der Waals surface area contributed by atoms with Gasteiger partial charge in [0, 0.05) is 50.4 Å². The molecule has 0 bridgehead atoms. The Morgan fingerprint density at radius 1 is 1.13 bits per heavy atom. The first-order valence-electron chi connectivity index (χ1n) is 8.23. The van der Waals surface area contributed by atoms with E-state index in [0.29, 0.717) is 18.5 Å². The third-order valence-corrected chi connectivity index (χ3v) is 4.33. The number of hydrogen-bond acceptors (Lipinski definition) is 4. The Kier molecular flexibility index (Phi) is 5.25. The van der Waals surface area contributed by atoms with Gasteiger partial charge in [-0.3, -0.25) is 14.5 Å². The first-order chi connectivity index (χ1) is 11.2. The molecule has 2 fully saturated rings. The van der Waals surface area contributed by atoms with Crippen molar-refractivity contribution in [3.63, 3.8) is 0 Å². The van der Waals surface area contributed by atoms with E-state index in [1.807, 2.05) is 12.1 Å². The monoisotopic (exact) mass is 317 g/mol. The number of carbonyl (C=O) groups excluding carboxylic acids is 2. The van der Waals surface area contributed by atoms with Crippen molar-refractivity contribution in [1.82, 2.24) is 10.2 Å². The standard InChI is InChI=1S/C17H23N3O3/c21-16-2-1-8-20(16)15-5-3-14(4-6-15)17(22)18-7-9-19-10-12-23-13-11-19/h3-6H,1-2,7-13H2,(H,18,22). The second-order valence-corrected chi connectivity index (χ2v) is 5.91. The molecule has 0 radical (unpaired) electrons. The quantitative estimate of drug-likeness (QED) is 0.875. The predicted molar refractivity (Wildman–Crippen MR) is 87.6 cm³/mol. The van der Waals surface area contributed by atoms with Crippen LogP contribution in [0.3, 0.4) is 0 Å². The summed E-state index contributed by atoms with van der Waals surface area (Å²) in [7, 11) is 0. The Morgan fingerprint density at radius 2 is 1.87 bits per heavy atom. The first-order valence-corrected chi connectivity index (χ1v) is 8.23. The number of nitrogens with zero attached hydrogens (tertiary/aromatic N) is 2. The van der Waals surface area contributed by atoms with E-state index < -0.39 is 0 Å². The molecule has 3 rings (SSSR count). The number of hydrogen-bond donors (Lipinski definition) is 1. The highest BCUT2D eigenvalue weighted by molar-refractivity contribution is 5.97. The molecular formula is C17H23N3O3. The van der Waals surface area contributed by atoms with E-state index in [1.54, 1.807) is 17.0 Å². The van der Waals surface area contributed by atoms with Crippen molar-refractivity contribution in [2.24, 2.45) is 0 Å². The summed E-state index contributed by atoms with van der Waals surface area (Å²) >= 11 is 0. The van der Waals surface area contributed by atoms with Gasteiger partial charge >= 0.3 is 0 Å². The molecule has 2 aliphatic heterocycles. The molecule has 6 nitrogen and oxygen atoms in total. The molecule has 6 heteroatoms. The molecule has 2 amide bonds. The van der Waals surface area contributed by atoms with Crippen LogP contribution in [0.1, 0.15) is 23.2 Å². The van der Waals surface area contributed by atoms with Gasteiger partial charge in [0.05, 0.1) is 13.2 Å². The molecular weight excluding hydrogens is 294 g/mol. The normalized spacial score (nSPS) is 19.1. The number of ether oxygens (including phenoxy) is 1. The van der Waals surface area contributed by atoms with Crippen LogP contribution < -0.4 is 10.2 Å². The lowest BCUT2D eigenvalue weighted by Gasteiger charge is -2.26. The van der Waals surface area contributed by atoms with Crippen LogP contribution in [-0.2, 0) is 9.53 Å². The fourth-order valence-electron chi connectivity index (χ4n) is 2.97. The molecule has 0 aromatic heterocycles. The molecule has 0 aliphatic carbocycles. The Hall–Kier alpha value is -1.92. The topological polar surface area (TPSA) is 61.9 Å². The Labute approximate surface area is 136 Å².